The highest BCUT2D eigenvalue weighted by Crippen LogP contribution is 2.30. The fourth-order valence-corrected chi connectivity index (χ4v) is 2.84. The Morgan fingerprint density at radius 2 is 1.92 bits per heavy atom. The van der Waals surface area contributed by atoms with E-state index < -0.39 is 11.7 Å². The summed E-state index contributed by atoms with van der Waals surface area (Å²) in [5, 5.41) is 4.91. The second-order valence-corrected chi connectivity index (χ2v) is 5.97. The molecule has 0 aliphatic rings. The molecule has 3 aromatic rings. The number of nitrogen functional groups attached to an aromatic ring is 1. The van der Waals surface area contributed by atoms with E-state index in [4.69, 9.17) is 5.73 Å². The predicted molar refractivity (Wildman–Crippen MR) is 88.5 cm³/mol. The summed E-state index contributed by atoms with van der Waals surface area (Å²) >= 11 is 1.51. The van der Waals surface area contributed by atoms with Crippen molar-refractivity contribution in [3.05, 3.63) is 59.0 Å². The highest BCUT2D eigenvalue weighted by atomic mass is 32.1. The van der Waals surface area contributed by atoms with Gasteiger partial charge in [0.1, 0.15) is 5.82 Å². The number of benzene rings is 1. The van der Waals surface area contributed by atoms with Crippen LogP contribution in [-0.4, -0.2) is 9.97 Å². The van der Waals surface area contributed by atoms with Gasteiger partial charge in [-0.2, -0.15) is 18.2 Å². The lowest BCUT2D eigenvalue weighted by molar-refractivity contribution is -0.137. The van der Waals surface area contributed by atoms with Gasteiger partial charge in [-0.15, -0.1) is 11.3 Å². The Morgan fingerprint density at radius 1 is 1.08 bits per heavy atom. The average molecular weight is 350 g/mol. The zero-order valence-corrected chi connectivity index (χ0v) is 13.2. The van der Waals surface area contributed by atoms with Gasteiger partial charge in [-0.05, 0) is 29.1 Å². The smallest absolute Gasteiger partial charge is 0.368 e. The fraction of sp³-hybridized carbons (Fsp3) is 0.125. The average Bonchev–Trinajstić information content (AvgIpc) is 3.06. The topological polar surface area (TPSA) is 63.8 Å². The van der Waals surface area contributed by atoms with Crippen LogP contribution >= 0.6 is 11.3 Å². The number of aromatic nitrogens is 2. The van der Waals surface area contributed by atoms with Crippen molar-refractivity contribution in [2.75, 3.05) is 11.1 Å². The molecule has 0 spiro atoms. The van der Waals surface area contributed by atoms with E-state index >= 15 is 0 Å². The minimum Gasteiger partial charge on any atom is -0.368 e. The normalized spacial score (nSPS) is 11.5. The maximum absolute atomic E-state index is 12.7. The SMILES string of the molecule is Nc1nc(NCc2cccc(C(F)(F)F)c2)cc(-c2cccs2)n1. The lowest BCUT2D eigenvalue weighted by Crippen LogP contribution is -2.08. The second kappa shape index (κ2) is 6.48. The summed E-state index contributed by atoms with van der Waals surface area (Å²) in [6, 6.07) is 10.7. The van der Waals surface area contributed by atoms with E-state index in [-0.39, 0.29) is 12.5 Å². The van der Waals surface area contributed by atoms with Crippen LogP contribution in [0.4, 0.5) is 24.9 Å². The molecule has 0 bridgehead atoms. The molecule has 8 heteroatoms. The zero-order valence-electron chi connectivity index (χ0n) is 12.3. The molecule has 124 valence electrons. The largest absolute Gasteiger partial charge is 0.416 e. The number of hydrogen-bond donors (Lipinski definition) is 2. The molecule has 0 fully saturated rings. The molecule has 0 aliphatic heterocycles. The third kappa shape index (κ3) is 3.83. The van der Waals surface area contributed by atoms with Crippen LogP contribution in [0.1, 0.15) is 11.1 Å². The van der Waals surface area contributed by atoms with Gasteiger partial charge >= 0.3 is 6.18 Å². The molecule has 0 amide bonds. The number of hydrogen-bond acceptors (Lipinski definition) is 5. The number of thiophene rings is 1. The Morgan fingerprint density at radius 3 is 2.62 bits per heavy atom. The first kappa shape index (κ1) is 16.3. The fourth-order valence-electron chi connectivity index (χ4n) is 2.16. The monoisotopic (exact) mass is 350 g/mol. The van der Waals surface area contributed by atoms with Crippen molar-refractivity contribution in [2.45, 2.75) is 12.7 Å². The van der Waals surface area contributed by atoms with Crippen molar-refractivity contribution in [3.8, 4) is 10.6 Å². The van der Waals surface area contributed by atoms with Gasteiger partial charge in [0, 0.05) is 12.6 Å². The lowest BCUT2D eigenvalue weighted by atomic mass is 10.1. The first-order valence-corrected chi connectivity index (χ1v) is 7.88. The molecule has 2 heterocycles. The first-order chi connectivity index (χ1) is 11.4. The van der Waals surface area contributed by atoms with E-state index in [1.807, 2.05) is 17.5 Å². The molecule has 24 heavy (non-hydrogen) atoms. The molecule has 3 N–H and O–H groups in total. The third-order valence-corrected chi connectivity index (χ3v) is 4.14. The van der Waals surface area contributed by atoms with Crippen LogP contribution in [0.3, 0.4) is 0 Å². The van der Waals surface area contributed by atoms with Crippen molar-refractivity contribution in [1.82, 2.24) is 9.97 Å². The molecule has 0 unspecified atom stereocenters. The van der Waals surface area contributed by atoms with Crippen LogP contribution in [0.5, 0.6) is 0 Å². The second-order valence-electron chi connectivity index (χ2n) is 5.03. The van der Waals surface area contributed by atoms with Gasteiger partial charge in [-0.3, -0.25) is 0 Å². The van der Waals surface area contributed by atoms with Gasteiger partial charge in [-0.25, -0.2) is 4.98 Å². The molecule has 0 radical (unpaired) electrons. The van der Waals surface area contributed by atoms with Crippen molar-refractivity contribution in [1.29, 1.82) is 0 Å². The van der Waals surface area contributed by atoms with Gasteiger partial charge < -0.3 is 11.1 Å². The van der Waals surface area contributed by atoms with Crippen molar-refractivity contribution in [2.24, 2.45) is 0 Å². The molecule has 0 atom stereocenters. The van der Waals surface area contributed by atoms with Gasteiger partial charge in [0.2, 0.25) is 5.95 Å². The van der Waals surface area contributed by atoms with Crippen LogP contribution in [0.25, 0.3) is 10.6 Å². The van der Waals surface area contributed by atoms with Crippen molar-refractivity contribution in [3.63, 3.8) is 0 Å². The molecular formula is C16H13F3N4S. The third-order valence-electron chi connectivity index (χ3n) is 3.25. The van der Waals surface area contributed by atoms with E-state index in [1.54, 1.807) is 12.1 Å². The van der Waals surface area contributed by atoms with Crippen molar-refractivity contribution >= 4 is 23.1 Å². The number of nitrogens with zero attached hydrogens (tertiary/aromatic N) is 2. The summed E-state index contributed by atoms with van der Waals surface area (Å²) in [5.41, 5.74) is 6.20. The van der Waals surface area contributed by atoms with E-state index in [1.165, 1.54) is 17.4 Å². The number of halogens is 3. The van der Waals surface area contributed by atoms with Crippen LogP contribution in [0.2, 0.25) is 0 Å². The highest BCUT2D eigenvalue weighted by Gasteiger charge is 2.30. The number of anilines is 2. The van der Waals surface area contributed by atoms with Gasteiger partial charge in [0.05, 0.1) is 16.1 Å². The Labute approximate surface area is 140 Å². The van der Waals surface area contributed by atoms with E-state index in [0.717, 1.165) is 17.0 Å². The number of rotatable bonds is 4. The highest BCUT2D eigenvalue weighted by molar-refractivity contribution is 7.13. The van der Waals surface area contributed by atoms with Gasteiger partial charge in [0.25, 0.3) is 0 Å². The van der Waals surface area contributed by atoms with Crippen LogP contribution in [0, 0.1) is 0 Å². The standard InChI is InChI=1S/C16H13F3N4S/c17-16(18,19)11-4-1-3-10(7-11)9-21-14-8-12(22-15(20)23-14)13-5-2-6-24-13/h1-8H,9H2,(H3,20,21,22,23). The maximum Gasteiger partial charge on any atom is 0.416 e. The molecule has 3 rings (SSSR count). The Balaban J connectivity index is 1.78. The zero-order chi connectivity index (χ0) is 17.2. The van der Waals surface area contributed by atoms with Gasteiger partial charge in [0.15, 0.2) is 0 Å². The Kier molecular flexibility index (Phi) is 4.39. The Hall–Kier alpha value is -2.61. The molecule has 0 saturated heterocycles. The van der Waals surface area contributed by atoms with Gasteiger partial charge in [-0.1, -0.05) is 18.2 Å². The number of nitrogens with one attached hydrogen (secondary N) is 1. The molecule has 1 aromatic carbocycles. The maximum atomic E-state index is 12.7. The molecule has 4 nitrogen and oxygen atoms in total. The molecule has 0 aliphatic carbocycles. The van der Waals surface area contributed by atoms with Crippen LogP contribution < -0.4 is 11.1 Å². The predicted octanol–water partition coefficient (Wildman–Crippen LogP) is 4.42. The van der Waals surface area contributed by atoms with Crippen LogP contribution in [0.15, 0.2) is 47.8 Å². The summed E-state index contributed by atoms with van der Waals surface area (Å²) in [6.07, 6.45) is -4.36. The first-order valence-electron chi connectivity index (χ1n) is 7.00. The minimum absolute atomic E-state index is 0.104. The summed E-state index contributed by atoms with van der Waals surface area (Å²) in [6.45, 7) is 0.199. The minimum atomic E-state index is -4.36. The van der Waals surface area contributed by atoms with Crippen molar-refractivity contribution < 1.29 is 13.2 Å². The molecule has 2 aromatic heterocycles. The number of nitrogens with two attached hydrogens (primary N) is 1. The molecular weight excluding hydrogens is 337 g/mol. The summed E-state index contributed by atoms with van der Waals surface area (Å²) in [7, 11) is 0. The number of alkyl halides is 3. The summed E-state index contributed by atoms with van der Waals surface area (Å²) in [5.74, 6) is 0.566. The Bertz CT molecular complexity index is 832. The van der Waals surface area contributed by atoms with E-state index in [9.17, 15) is 13.2 Å². The summed E-state index contributed by atoms with van der Waals surface area (Å²) in [4.78, 5) is 9.17. The molecule has 0 saturated carbocycles. The van der Waals surface area contributed by atoms with E-state index in [0.29, 0.717) is 17.1 Å². The van der Waals surface area contributed by atoms with E-state index in [2.05, 4.69) is 15.3 Å². The summed E-state index contributed by atoms with van der Waals surface area (Å²) < 4.78 is 38.2. The lowest BCUT2D eigenvalue weighted by Gasteiger charge is -2.10. The quantitative estimate of drug-likeness (QED) is 0.731. The van der Waals surface area contributed by atoms with Crippen LogP contribution in [-0.2, 0) is 12.7 Å².